The minimum absolute atomic E-state index is 0.00645. The molecule has 0 unspecified atom stereocenters. The van der Waals surface area contributed by atoms with Crippen molar-refractivity contribution in [3.8, 4) is 17.2 Å². The van der Waals surface area contributed by atoms with Gasteiger partial charge in [0.15, 0.2) is 23.0 Å². The standard InChI is InChI=1S/C30H30N10O3.CH2O2/c1-19-12-20(5-6-24(19)43-22-7-9-40-26(13-22)33-18-35-40)36-29-28-23(32-17-34-29)14-25-30(37-28)38-10-11-39(21(15-38)16-42-25)27(41)4-3-8-31-2;2-1-3/h3-7,9,12-14,17-18,21,31H,8,10-11,15-16H2,1-2H3,(H,32,34,36);1H,(H,2,3)/b4-3+;/t21-;/m0./s1. The lowest BCUT2D eigenvalue weighted by Gasteiger charge is -2.39. The molecule has 3 N–H and O–H groups in total. The van der Waals surface area contributed by atoms with Crippen LogP contribution < -0.4 is 25.0 Å². The summed E-state index contributed by atoms with van der Waals surface area (Å²) in [5.74, 6) is 3.37. The molecule has 236 valence electrons. The lowest BCUT2D eigenvalue weighted by molar-refractivity contribution is -0.129. The Bertz CT molecular complexity index is 1910. The number of pyridine rings is 2. The van der Waals surface area contributed by atoms with Crippen molar-refractivity contribution >= 4 is 46.4 Å². The van der Waals surface area contributed by atoms with Crippen LogP contribution in [0.2, 0.25) is 0 Å². The van der Waals surface area contributed by atoms with E-state index in [2.05, 4.69) is 35.6 Å². The van der Waals surface area contributed by atoms with Crippen molar-refractivity contribution in [1.29, 1.82) is 0 Å². The first-order valence-electron chi connectivity index (χ1n) is 14.6. The minimum atomic E-state index is -0.250. The van der Waals surface area contributed by atoms with E-state index in [1.165, 1.54) is 12.7 Å². The second kappa shape index (κ2) is 13.4. The van der Waals surface area contributed by atoms with Crippen LogP contribution in [0.4, 0.5) is 17.3 Å². The van der Waals surface area contributed by atoms with E-state index >= 15 is 0 Å². The molecule has 15 nitrogen and oxygen atoms in total. The van der Waals surface area contributed by atoms with Gasteiger partial charge >= 0.3 is 0 Å². The molecule has 1 atom stereocenters. The highest BCUT2D eigenvalue weighted by atomic mass is 16.5. The van der Waals surface area contributed by atoms with Gasteiger partial charge in [0.05, 0.1) is 11.6 Å². The number of ether oxygens (including phenoxy) is 2. The number of nitrogens with zero attached hydrogens (tertiary/aromatic N) is 8. The van der Waals surface area contributed by atoms with E-state index < -0.39 is 0 Å². The number of fused-ring (bicyclic) bond motifs is 6. The summed E-state index contributed by atoms with van der Waals surface area (Å²) in [4.78, 5) is 43.4. The van der Waals surface area contributed by atoms with E-state index in [1.54, 1.807) is 10.6 Å². The first-order chi connectivity index (χ1) is 22.5. The molecule has 0 saturated carbocycles. The number of amides is 1. The van der Waals surface area contributed by atoms with Crippen molar-refractivity contribution in [3.05, 3.63) is 73.0 Å². The topological polar surface area (TPSA) is 172 Å². The monoisotopic (exact) mass is 624 g/mol. The summed E-state index contributed by atoms with van der Waals surface area (Å²) in [7, 11) is 1.85. The fraction of sp³-hybridized carbons (Fsp3) is 0.258. The van der Waals surface area contributed by atoms with Crippen LogP contribution in [-0.4, -0.2) is 97.8 Å². The van der Waals surface area contributed by atoms with Crippen molar-refractivity contribution in [2.75, 3.05) is 50.1 Å². The van der Waals surface area contributed by atoms with Crippen molar-refractivity contribution < 1.29 is 24.2 Å². The van der Waals surface area contributed by atoms with E-state index in [9.17, 15) is 4.79 Å². The molecule has 0 radical (unpaired) electrons. The van der Waals surface area contributed by atoms with Crippen molar-refractivity contribution in [3.63, 3.8) is 0 Å². The Balaban J connectivity index is 0.00000119. The summed E-state index contributed by atoms with van der Waals surface area (Å²) in [6, 6.07) is 11.4. The molecular weight excluding hydrogens is 592 g/mol. The number of aromatic nitrogens is 6. The molecule has 6 heterocycles. The molecule has 46 heavy (non-hydrogen) atoms. The third-order valence-corrected chi connectivity index (χ3v) is 7.55. The van der Waals surface area contributed by atoms with Gasteiger partial charge in [0.25, 0.3) is 6.47 Å². The summed E-state index contributed by atoms with van der Waals surface area (Å²) < 4.78 is 14.0. The SMILES string of the molecule is CNC/C=C/C(=O)N1CCN2C[C@H]1COc1cc3ncnc(Nc4ccc(Oc5ccn6ncnc6c5)c(C)c4)c3nc12.O=CO. The number of likely N-dealkylation sites (N-methyl/N-ethyl adjacent to an activating group) is 1. The van der Waals surface area contributed by atoms with Crippen LogP contribution in [0.25, 0.3) is 16.7 Å². The maximum absolute atomic E-state index is 12.8. The highest BCUT2D eigenvalue weighted by Gasteiger charge is 2.35. The fourth-order valence-corrected chi connectivity index (χ4v) is 5.39. The molecule has 15 heteroatoms. The summed E-state index contributed by atoms with van der Waals surface area (Å²) in [5.41, 5.74) is 3.79. The number of carboxylic acid groups (broad SMARTS) is 1. The lowest BCUT2D eigenvalue weighted by atomic mass is 10.1. The molecule has 2 aliphatic rings. The number of anilines is 3. The molecule has 1 saturated heterocycles. The third kappa shape index (κ3) is 6.34. The molecule has 1 fully saturated rings. The zero-order chi connectivity index (χ0) is 32.0. The number of benzene rings is 1. The number of hydrogen-bond donors (Lipinski definition) is 3. The van der Waals surface area contributed by atoms with Crippen molar-refractivity contribution in [2.45, 2.75) is 13.0 Å². The number of carbonyl (C=O) groups excluding carboxylic acids is 1. The maximum Gasteiger partial charge on any atom is 0.290 e. The number of carbonyl (C=O) groups is 2. The first kappa shape index (κ1) is 30.2. The first-order valence-corrected chi connectivity index (χ1v) is 14.6. The van der Waals surface area contributed by atoms with Crippen LogP contribution in [0.3, 0.4) is 0 Å². The second-order valence-electron chi connectivity index (χ2n) is 10.5. The van der Waals surface area contributed by atoms with Crippen molar-refractivity contribution in [1.82, 2.24) is 39.8 Å². The number of nitrogens with one attached hydrogen (secondary N) is 2. The average molecular weight is 625 g/mol. The van der Waals surface area contributed by atoms with Gasteiger partial charge in [-0.3, -0.25) is 9.59 Å². The van der Waals surface area contributed by atoms with Gasteiger partial charge < -0.3 is 35.0 Å². The van der Waals surface area contributed by atoms with Crippen LogP contribution >= 0.6 is 0 Å². The van der Waals surface area contributed by atoms with Gasteiger partial charge in [-0.25, -0.2) is 24.5 Å². The van der Waals surface area contributed by atoms with Crippen molar-refractivity contribution in [2.24, 2.45) is 0 Å². The van der Waals surface area contributed by atoms with Gasteiger partial charge in [-0.05, 0) is 43.8 Å². The number of hydrogen-bond acceptors (Lipinski definition) is 12. The Morgan fingerprint density at radius 3 is 2.85 bits per heavy atom. The van der Waals surface area contributed by atoms with Crippen LogP contribution in [0.5, 0.6) is 17.2 Å². The Kier molecular flexibility index (Phi) is 8.82. The van der Waals surface area contributed by atoms with Gasteiger partial charge in [-0.2, -0.15) is 5.10 Å². The lowest BCUT2D eigenvalue weighted by Crippen LogP contribution is -2.56. The quantitative estimate of drug-likeness (QED) is 0.178. The molecule has 1 amide bonds. The Morgan fingerprint density at radius 2 is 2.02 bits per heavy atom. The highest BCUT2D eigenvalue weighted by Crippen LogP contribution is 2.36. The molecular formula is C31H32N10O5. The van der Waals surface area contributed by atoms with E-state index in [4.69, 9.17) is 24.4 Å². The summed E-state index contributed by atoms with van der Waals surface area (Å²) in [5, 5.41) is 17.4. The summed E-state index contributed by atoms with van der Waals surface area (Å²) in [6.45, 7) is 4.65. The van der Waals surface area contributed by atoms with Gasteiger partial charge in [-0.15, -0.1) is 0 Å². The fourth-order valence-electron chi connectivity index (χ4n) is 5.39. The highest BCUT2D eigenvalue weighted by molar-refractivity contribution is 5.90. The molecule has 1 aromatic carbocycles. The van der Waals surface area contributed by atoms with Gasteiger partial charge in [-0.1, -0.05) is 6.08 Å². The summed E-state index contributed by atoms with van der Waals surface area (Å²) >= 11 is 0. The Labute approximate surface area is 263 Å². The molecule has 5 aromatic rings. The van der Waals surface area contributed by atoms with E-state index in [0.29, 0.717) is 66.8 Å². The van der Waals surface area contributed by atoms with Gasteiger partial charge in [0.2, 0.25) is 5.91 Å². The third-order valence-electron chi connectivity index (χ3n) is 7.55. The Morgan fingerprint density at radius 1 is 1.15 bits per heavy atom. The van der Waals surface area contributed by atoms with E-state index in [0.717, 1.165) is 22.8 Å². The largest absolute Gasteiger partial charge is 0.487 e. The number of rotatable bonds is 7. The predicted molar refractivity (Wildman–Crippen MR) is 170 cm³/mol. The van der Waals surface area contributed by atoms with E-state index in [-0.39, 0.29) is 18.4 Å². The molecule has 2 aliphatic heterocycles. The minimum Gasteiger partial charge on any atom is -0.487 e. The number of piperazine rings is 1. The normalized spacial score (nSPS) is 15.5. The van der Waals surface area contributed by atoms with Crippen LogP contribution in [0.15, 0.2) is 67.4 Å². The second-order valence-corrected chi connectivity index (χ2v) is 10.5. The van der Waals surface area contributed by atoms with Gasteiger partial charge in [0, 0.05) is 56.3 Å². The Hall–Kier alpha value is -5.83. The number of aryl methyl sites for hydroxylation is 1. The smallest absolute Gasteiger partial charge is 0.290 e. The van der Waals surface area contributed by atoms with E-state index in [1.807, 2.05) is 67.5 Å². The molecule has 7 rings (SSSR count). The molecule has 2 bridgehead atoms. The van der Waals surface area contributed by atoms with Crippen LogP contribution in [-0.2, 0) is 9.59 Å². The predicted octanol–water partition coefficient (Wildman–Crippen LogP) is 2.80. The molecule has 0 aliphatic carbocycles. The molecule has 0 spiro atoms. The van der Waals surface area contributed by atoms with Gasteiger partial charge in [0.1, 0.15) is 36.3 Å². The van der Waals surface area contributed by atoms with Crippen LogP contribution in [0, 0.1) is 6.92 Å². The zero-order valence-electron chi connectivity index (χ0n) is 25.2. The molecule has 4 aromatic heterocycles. The summed E-state index contributed by atoms with van der Waals surface area (Å²) in [6.07, 6.45) is 8.29. The van der Waals surface area contributed by atoms with Crippen LogP contribution in [0.1, 0.15) is 5.56 Å². The average Bonchev–Trinajstić information content (AvgIpc) is 3.48. The zero-order valence-corrected chi connectivity index (χ0v) is 25.2. The maximum atomic E-state index is 12.8.